The number of ether oxygens (including phenoxy) is 2. The second-order valence-corrected chi connectivity index (χ2v) is 7.89. The molecule has 0 unspecified atom stereocenters. The zero-order valence-electron chi connectivity index (χ0n) is 16.4. The number of aromatic nitrogens is 1. The molecule has 0 aliphatic rings. The zero-order valence-corrected chi connectivity index (χ0v) is 17.2. The smallest absolute Gasteiger partial charge is 0.413 e. The van der Waals surface area contributed by atoms with Crippen molar-refractivity contribution < 1.29 is 23.9 Å². The lowest BCUT2D eigenvalue weighted by Gasteiger charge is -2.18. The van der Waals surface area contributed by atoms with Gasteiger partial charge in [-0.3, -0.25) is 10.1 Å². The predicted molar refractivity (Wildman–Crippen MR) is 106 cm³/mol. The van der Waals surface area contributed by atoms with Crippen LogP contribution in [0, 0.1) is 6.92 Å². The molecule has 0 bridgehead atoms. The minimum Gasteiger partial charge on any atom is -0.465 e. The fraction of sp³-hybridized carbons (Fsp3) is 0.368. The summed E-state index contributed by atoms with van der Waals surface area (Å²) in [7, 11) is 1.30. The molecule has 0 saturated carbocycles. The van der Waals surface area contributed by atoms with Gasteiger partial charge in [-0.15, -0.1) is 0 Å². The molecule has 0 atom stereocenters. The Morgan fingerprint density at radius 1 is 1.18 bits per heavy atom. The van der Waals surface area contributed by atoms with Gasteiger partial charge in [0, 0.05) is 6.54 Å². The Bertz CT molecular complexity index is 886. The molecule has 28 heavy (non-hydrogen) atoms. The molecule has 0 saturated heterocycles. The minimum atomic E-state index is -0.639. The third kappa shape index (κ3) is 5.78. The van der Waals surface area contributed by atoms with E-state index in [-0.39, 0.29) is 17.6 Å². The first-order valence-electron chi connectivity index (χ1n) is 8.52. The first-order valence-corrected chi connectivity index (χ1v) is 9.34. The van der Waals surface area contributed by atoms with Crippen LogP contribution in [0.3, 0.4) is 0 Å². The van der Waals surface area contributed by atoms with Crippen LogP contribution in [0.15, 0.2) is 24.3 Å². The van der Waals surface area contributed by atoms with E-state index in [1.807, 2.05) is 0 Å². The fourth-order valence-electron chi connectivity index (χ4n) is 2.29. The van der Waals surface area contributed by atoms with Gasteiger partial charge in [-0.25, -0.2) is 14.6 Å². The van der Waals surface area contributed by atoms with Crippen LogP contribution >= 0.6 is 11.3 Å². The molecule has 0 fully saturated rings. The van der Waals surface area contributed by atoms with E-state index in [1.54, 1.807) is 52.0 Å². The quantitative estimate of drug-likeness (QED) is 0.737. The molecule has 0 aliphatic carbocycles. The van der Waals surface area contributed by atoms with Gasteiger partial charge >= 0.3 is 12.1 Å². The number of carbonyl (C=O) groups is 3. The van der Waals surface area contributed by atoms with Crippen molar-refractivity contribution >= 4 is 34.4 Å². The standard InChI is InChI=1S/C19H23N3O5S/c1-11-14(28-17(21-11)22-18(25)27-19(2,3)4)15(23)20-10-12-8-6-7-9-13(12)16(24)26-5/h6-9H,10H2,1-5H3,(H,20,23)(H,21,22,25). The topological polar surface area (TPSA) is 107 Å². The van der Waals surface area contributed by atoms with Crippen molar-refractivity contribution in [3.63, 3.8) is 0 Å². The average Bonchev–Trinajstić information content (AvgIpc) is 2.97. The number of hydrogen-bond acceptors (Lipinski definition) is 7. The SMILES string of the molecule is COC(=O)c1ccccc1CNC(=O)c1sc(NC(=O)OC(C)(C)C)nc1C. The van der Waals surface area contributed by atoms with Gasteiger partial charge < -0.3 is 14.8 Å². The Hall–Kier alpha value is -2.94. The zero-order chi connectivity index (χ0) is 20.9. The van der Waals surface area contributed by atoms with Crippen molar-refractivity contribution in [1.82, 2.24) is 10.3 Å². The second kappa shape index (κ2) is 8.83. The van der Waals surface area contributed by atoms with Crippen LogP contribution in [0.25, 0.3) is 0 Å². The third-order valence-electron chi connectivity index (χ3n) is 3.47. The number of methoxy groups -OCH3 is 1. The maximum Gasteiger partial charge on any atom is 0.413 e. The van der Waals surface area contributed by atoms with E-state index in [1.165, 1.54) is 7.11 Å². The van der Waals surface area contributed by atoms with Crippen molar-refractivity contribution in [2.45, 2.75) is 39.8 Å². The molecule has 2 amide bonds. The molecule has 0 radical (unpaired) electrons. The van der Waals surface area contributed by atoms with Crippen molar-refractivity contribution in [2.75, 3.05) is 12.4 Å². The molecule has 1 aromatic carbocycles. The normalized spacial score (nSPS) is 10.9. The van der Waals surface area contributed by atoms with Gasteiger partial charge in [0.15, 0.2) is 5.13 Å². The van der Waals surface area contributed by atoms with Crippen LogP contribution in [0.1, 0.15) is 52.1 Å². The number of nitrogens with one attached hydrogen (secondary N) is 2. The summed E-state index contributed by atoms with van der Waals surface area (Å²) in [5.74, 6) is -0.824. The van der Waals surface area contributed by atoms with Crippen LogP contribution in [0.4, 0.5) is 9.93 Å². The highest BCUT2D eigenvalue weighted by Crippen LogP contribution is 2.23. The van der Waals surface area contributed by atoms with Crippen LogP contribution in [0.5, 0.6) is 0 Å². The highest BCUT2D eigenvalue weighted by atomic mass is 32.1. The molecular formula is C19H23N3O5S. The van der Waals surface area contributed by atoms with Crippen LogP contribution in [-0.2, 0) is 16.0 Å². The molecule has 1 heterocycles. The molecule has 1 aromatic heterocycles. The Morgan fingerprint density at radius 3 is 2.50 bits per heavy atom. The van der Waals surface area contributed by atoms with Crippen molar-refractivity contribution in [3.8, 4) is 0 Å². The Kier molecular flexibility index (Phi) is 6.74. The van der Waals surface area contributed by atoms with Crippen LogP contribution in [-0.4, -0.2) is 35.7 Å². The lowest BCUT2D eigenvalue weighted by molar-refractivity contribution is 0.0596. The van der Waals surface area contributed by atoms with Crippen molar-refractivity contribution in [3.05, 3.63) is 46.0 Å². The van der Waals surface area contributed by atoms with E-state index in [9.17, 15) is 14.4 Å². The summed E-state index contributed by atoms with van der Waals surface area (Å²) in [6.45, 7) is 7.09. The number of aryl methyl sites for hydroxylation is 1. The maximum absolute atomic E-state index is 12.5. The molecule has 9 heteroatoms. The summed E-state index contributed by atoms with van der Waals surface area (Å²) >= 11 is 1.05. The molecule has 2 rings (SSSR count). The largest absolute Gasteiger partial charge is 0.465 e. The van der Waals surface area contributed by atoms with E-state index in [0.29, 0.717) is 21.7 Å². The summed E-state index contributed by atoms with van der Waals surface area (Å²) < 4.78 is 9.93. The summed E-state index contributed by atoms with van der Waals surface area (Å²) in [5.41, 5.74) is 0.870. The van der Waals surface area contributed by atoms with Gasteiger partial charge in [0.25, 0.3) is 5.91 Å². The lowest BCUT2D eigenvalue weighted by Crippen LogP contribution is -2.27. The summed E-state index contributed by atoms with van der Waals surface area (Å²) in [4.78, 5) is 40.7. The third-order valence-corrected chi connectivity index (χ3v) is 4.54. The Labute approximate surface area is 167 Å². The first-order chi connectivity index (χ1) is 13.1. The van der Waals surface area contributed by atoms with Crippen molar-refractivity contribution in [1.29, 1.82) is 0 Å². The number of hydrogen-bond donors (Lipinski definition) is 2. The maximum atomic E-state index is 12.5. The number of benzene rings is 1. The highest BCUT2D eigenvalue weighted by molar-refractivity contribution is 7.17. The monoisotopic (exact) mass is 405 g/mol. The van der Waals surface area contributed by atoms with Gasteiger partial charge in [0.1, 0.15) is 10.5 Å². The number of thiazole rings is 1. The van der Waals surface area contributed by atoms with Crippen molar-refractivity contribution in [2.24, 2.45) is 0 Å². The number of esters is 1. The number of carbonyl (C=O) groups excluding carboxylic acids is 3. The Morgan fingerprint density at radius 2 is 1.86 bits per heavy atom. The molecule has 2 N–H and O–H groups in total. The fourth-order valence-corrected chi connectivity index (χ4v) is 3.16. The summed E-state index contributed by atoms with van der Waals surface area (Å²) in [6.07, 6.45) is -0.639. The van der Waals surface area contributed by atoms with E-state index in [2.05, 4.69) is 15.6 Å². The van der Waals surface area contributed by atoms with Gasteiger partial charge in [0.05, 0.1) is 18.4 Å². The summed E-state index contributed by atoms with van der Waals surface area (Å²) in [6, 6.07) is 6.87. The molecule has 0 aliphatic heterocycles. The van der Waals surface area contributed by atoms with Gasteiger partial charge in [-0.05, 0) is 39.3 Å². The lowest BCUT2D eigenvalue weighted by atomic mass is 10.1. The number of anilines is 1. The second-order valence-electron chi connectivity index (χ2n) is 6.89. The molecular weight excluding hydrogens is 382 g/mol. The van der Waals surface area contributed by atoms with Gasteiger partial charge in [0.2, 0.25) is 0 Å². The van der Waals surface area contributed by atoms with E-state index < -0.39 is 17.7 Å². The average molecular weight is 405 g/mol. The number of rotatable bonds is 5. The number of amides is 2. The summed E-state index contributed by atoms with van der Waals surface area (Å²) in [5, 5.41) is 5.56. The predicted octanol–water partition coefficient (Wildman–Crippen LogP) is 3.52. The van der Waals surface area contributed by atoms with E-state index >= 15 is 0 Å². The van der Waals surface area contributed by atoms with Gasteiger partial charge in [-0.2, -0.15) is 0 Å². The van der Waals surface area contributed by atoms with Gasteiger partial charge in [-0.1, -0.05) is 29.5 Å². The molecule has 2 aromatic rings. The number of nitrogens with zero attached hydrogens (tertiary/aromatic N) is 1. The Balaban J connectivity index is 2.05. The minimum absolute atomic E-state index is 0.149. The van der Waals surface area contributed by atoms with E-state index in [4.69, 9.17) is 9.47 Å². The molecule has 8 nitrogen and oxygen atoms in total. The van der Waals surface area contributed by atoms with Crippen LogP contribution in [0.2, 0.25) is 0 Å². The molecule has 150 valence electrons. The van der Waals surface area contributed by atoms with E-state index in [0.717, 1.165) is 11.3 Å². The first kappa shape index (κ1) is 21.4. The highest BCUT2D eigenvalue weighted by Gasteiger charge is 2.20. The molecule has 0 spiro atoms. The van der Waals surface area contributed by atoms with Crippen LogP contribution < -0.4 is 10.6 Å².